The quantitative estimate of drug-likeness (QED) is 0.325. The van der Waals surface area contributed by atoms with Gasteiger partial charge in [-0.3, -0.25) is 19.7 Å². The van der Waals surface area contributed by atoms with Crippen LogP contribution in [0.15, 0.2) is 59.4 Å². The van der Waals surface area contributed by atoms with Gasteiger partial charge in [0.15, 0.2) is 5.69 Å². The highest BCUT2D eigenvalue weighted by atomic mass is 32.1. The van der Waals surface area contributed by atoms with Crippen LogP contribution in [0.2, 0.25) is 0 Å². The first kappa shape index (κ1) is 21.9. The number of piperidine rings is 1. The van der Waals surface area contributed by atoms with E-state index in [0.29, 0.717) is 18.8 Å². The molecule has 0 spiro atoms. The number of nitro groups is 1. The number of fused-ring (bicyclic) bond motifs is 1. The average Bonchev–Trinajstić information content (AvgIpc) is 3.28. The van der Waals surface area contributed by atoms with Crippen molar-refractivity contribution in [1.82, 2.24) is 19.7 Å². The van der Waals surface area contributed by atoms with Crippen LogP contribution in [0.25, 0.3) is 15.9 Å². The largest absolute Gasteiger partial charge is 0.337 e. The molecule has 4 aromatic rings. The molecule has 1 amide bonds. The van der Waals surface area contributed by atoms with Crippen LogP contribution in [0.1, 0.15) is 39.9 Å². The first-order valence-electron chi connectivity index (χ1n) is 10.9. The molecule has 0 atom stereocenters. The van der Waals surface area contributed by atoms with Gasteiger partial charge in [0.2, 0.25) is 5.43 Å². The van der Waals surface area contributed by atoms with E-state index in [4.69, 9.17) is 4.98 Å². The lowest BCUT2D eigenvalue weighted by Crippen LogP contribution is -2.41. The van der Waals surface area contributed by atoms with Crippen LogP contribution in [0.4, 0.5) is 5.69 Å². The minimum atomic E-state index is -0.511. The van der Waals surface area contributed by atoms with E-state index in [2.05, 4.69) is 11.2 Å². The topological polar surface area (TPSA) is 111 Å². The Morgan fingerprint density at radius 1 is 1.12 bits per heavy atom. The van der Waals surface area contributed by atoms with Crippen molar-refractivity contribution in [3.05, 3.63) is 91.3 Å². The number of aromatic nitrogens is 3. The van der Waals surface area contributed by atoms with E-state index in [1.165, 1.54) is 16.8 Å². The number of likely N-dealkylation sites (tertiary alicyclic amines) is 1. The zero-order valence-corrected chi connectivity index (χ0v) is 19.2. The molecule has 3 heterocycles. The van der Waals surface area contributed by atoms with Gasteiger partial charge in [-0.15, -0.1) is 11.3 Å². The second-order valence-corrected chi connectivity index (χ2v) is 9.30. The van der Waals surface area contributed by atoms with Crippen molar-refractivity contribution in [3.63, 3.8) is 0 Å². The molecule has 172 valence electrons. The minimum Gasteiger partial charge on any atom is -0.337 e. The van der Waals surface area contributed by atoms with E-state index in [-0.39, 0.29) is 23.0 Å². The molecule has 0 aliphatic carbocycles. The van der Waals surface area contributed by atoms with Crippen LogP contribution < -0.4 is 5.43 Å². The van der Waals surface area contributed by atoms with Gasteiger partial charge in [0.1, 0.15) is 5.69 Å². The summed E-state index contributed by atoms with van der Waals surface area (Å²) in [6, 6.07) is 15.4. The van der Waals surface area contributed by atoms with Crippen molar-refractivity contribution in [2.45, 2.75) is 25.7 Å². The number of amides is 1. The molecule has 1 aliphatic heterocycles. The van der Waals surface area contributed by atoms with Gasteiger partial charge in [0.05, 0.1) is 20.1 Å². The third-order valence-corrected chi connectivity index (χ3v) is 7.26. The van der Waals surface area contributed by atoms with Crippen molar-refractivity contribution < 1.29 is 9.72 Å². The normalized spacial score (nSPS) is 14.4. The van der Waals surface area contributed by atoms with Crippen LogP contribution >= 0.6 is 11.3 Å². The number of carbonyl (C=O) groups excluding carboxylic acids is 1. The molecular weight excluding hydrogens is 454 g/mol. The molecule has 34 heavy (non-hydrogen) atoms. The molecule has 0 radical (unpaired) electrons. The van der Waals surface area contributed by atoms with Gasteiger partial charge in [-0.2, -0.15) is 5.10 Å². The molecule has 0 saturated carbocycles. The fraction of sp³-hybridized carbons (Fsp3) is 0.250. The lowest BCUT2D eigenvalue weighted by molar-refractivity contribution is -0.384. The van der Waals surface area contributed by atoms with E-state index < -0.39 is 16.3 Å². The number of hydrogen-bond donors (Lipinski definition) is 0. The lowest BCUT2D eigenvalue weighted by atomic mass is 9.97. The van der Waals surface area contributed by atoms with Crippen molar-refractivity contribution in [1.29, 1.82) is 0 Å². The fourth-order valence-corrected chi connectivity index (χ4v) is 5.42. The molecule has 1 aliphatic rings. The molecule has 0 unspecified atom stereocenters. The molecule has 0 bridgehead atoms. The summed E-state index contributed by atoms with van der Waals surface area (Å²) < 4.78 is 2.44. The van der Waals surface area contributed by atoms with E-state index in [9.17, 15) is 19.7 Å². The van der Waals surface area contributed by atoms with E-state index in [1.54, 1.807) is 41.4 Å². The second kappa shape index (κ2) is 8.79. The van der Waals surface area contributed by atoms with Crippen LogP contribution in [0, 0.1) is 17.0 Å². The maximum atomic E-state index is 13.2. The summed E-state index contributed by atoms with van der Waals surface area (Å²) in [7, 11) is 0. The van der Waals surface area contributed by atoms with Gasteiger partial charge < -0.3 is 4.90 Å². The standard InChI is InChI=1S/C24H21N5O4S/c1-15-14-20(30)22(26-28(15)18-7-3-4-8-19(18)29(32)33)24(31)27-12-10-16(11-13-27)23-25-17-6-2-5-9-21(17)34-23/h2-9,14,16H,10-13H2,1H3. The predicted octanol–water partition coefficient (Wildman–Crippen LogP) is 4.08. The van der Waals surface area contributed by atoms with Gasteiger partial charge in [-0.25, -0.2) is 9.67 Å². The van der Waals surface area contributed by atoms with E-state index in [1.807, 2.05) is 18.2 Å². The molecule has 1 fully saturated rings. The zero-order valence-electron chi connectivity index (χ0n) is 18.4. The molecule has 9 nitrogen and oxygen atoms in total. The number of para-hydroxylation sites is 3. The summed E-state index contributed by atoms with van der Waals surface area (Å²) in [5.74, 6) is -0.198. The number of carbonyl (C=O) groups is 1. The number of aryl methyl sites for hydroxylation is 1. The number of benzene rings is 2. The Morgan fingerprint density at radius 3 is 2.56 bits per heavy atom. The summed E-state index contributed by atoms with van der Waals surface area (Å²) in [5, 5.41) is 16.8. The van der Waals surface area contributed by atoms with Gasteiger partial charge in [-0.1, -0.05) is 24.3 Å². The van der Waals surface area contributed by atoms with Crippen LogP contribution in [0.5, 0.6) is 0 Å². The molecule has 1 saturated heterocycles. The Labute approximate surface area is 198 Å². The first-order valence-corrected chi connectivity index (χ1v) is 11.7. The molecule has 5 rings (SSSR count). The van der Waals surface area contributed by atoms with E-state index in [0.717, 1.165) is 28.1 Å². The predicted molar refractivity (Wildman–Crippen MR) is 129 cm³/mol. The Morgan fingerprint density at radius 2 is 1.82 bits per heavy atom. The Hall–Kier alpha value is -3.92. The number of thiazole rings is 1. The Kier molecular flexibility index (Phi) is 5.66. The third-order valence-electron chi connectivity index (χ3n) is 6.06. The highest BCUT2D eigenvalue weighted by molar-refractivity contribution is 7.18. The number of nitro benzene ring substituents is 1. The van der Waals surface area contributed by atoms with Crippen molar-refractivity contribution in [2.75, 3.05) is 13.1 Å². The summed E-state index contributed by atoms with van der Waals surface area (Å²) in [6.45, 7) is 2.60. The summed E-state index contributed by atoms with van der Waals surface area (Å²) in [5.41, 5.74) is 0.712. The monoisotopic (exact) mass is 475 g/mol. The second-order valence-electron chi connectivity index (χ2n) is 8.24. The average molecular weight is 476 g/mol. The minimum absolute atomic E-state index is 0.156. The number of hydrogen-bond acceptors (Lipinski definition) is 7. The molecular formula is C24H21N5O4S. The maximum absolute atomic E-state index is 13.2. The SMILES string of the molecule is Cc1cc(=O)c(C(=O)N2CCC(c3nc4ccccc4s3)CC2)nn1-c1ccccc1[N+](=O)[O-]. The van der Waals surface area contributed by atoms with Crippen molar-refractivity contribution in [2.24, 2.45) is 0 Å². The maximum Gasteiger partial charge on any atom is 0.294 e. The smallest absolute Gasteiger partial charge is 0.294 e. The van der Waals surface area contributed by atoms with Gasteiger partial charge in [0.25, 0.3) is 11.6 Å². The lowest BCUT2D eigenvalue weighted by Gasteiger charge is -2.30. The van der Waals surface area contributed by atoms with Crippen LogP contribution in [-0.4, -0.2) is 43.6 Å². The van der Waals surface area contributed by atoms with Crippen molar-refractivity contribution in [3.8, 4) is 5.69 Å². The van der Waals surface area contributed by atoms with Crippen LogP contribution in [-0.2, 0) is 0 Å². The Bertz CT molecular complexity index is 1440. The van der Waals surface area contributed by atoms with Gasteiger partial charge in [-0.05, 0) is 38.0 Å². The Balaban J connectivity index is 1.39. The third kappa shape index (κ3) is 3.96. The highest BCUT2D eigenvalue weighted by Crippen LogP contribution is 2.34. The zero-order chi connectivity index (χ0) is 23.8. The number of rotatable bonds is 4. The van der Waals surface area contributed by atoms with E-state index >= 15 is 0 Å². The van der Waals surface area contributed by atoms with Crippen LogP contribution in [0.3, 0.4) is 0 Å². The fourth-order valence-electron chi connectivity index (χ4n) is 4.28. The van der Waals surface area contributed by atoms with Gasteiger partial charge in [0, 0.05) is 36.8 Å². The molecule has 2 aromatic heterocycles. The molecule has 10 heteroatoms. The summed E-state index contributed by atoms with van der Waals surface area (Å²) in [4.78, 5) is 43.2. The highest BCUT2D eigenvalue weighted by Gasteiger charge is 2.29. The summed E-state index contributed by atoms with van der Waals surface area (Å²) >= 11 is 1.68. The molecule has 2 aromatic carbocycles. The van der Waals surface area contributed by atoms with Crippen molar-refractivity contribution >= 4 is 33.1 Å². The van der Waals surface area contributed by atoms with Gasteiger partial charge >= 0.3 is 0 Å². The first-order chi connectivity index (χ1) is 16.4. The molecule has 0 N–H and O–H groups in total. The summed E-state index contributed by atoms with van der Waals surface area (Å²) in [6.07, 6.45) is 1.49. The number of nitrogens with zero attached hydrogens (tertiary/aromatic N) is 5.